The van der Waals surface area contributed by atoms with Crippen molar-refractivity contribution in [1.82, 2.24) is 0 Å². The second-order valence-electron chi connectivity index (χ2n) is 5.54. The van der Waals surface area contributed by atoms with E-state index in [9.17, 15) is 9.59 Å². The van der Waals surface area contributed by atoms with Crippen molar-refractivity contribution in [3.8, 4) is 0 Å². The Hall–Kier alpha value is -3.19. The van der Waals surface area contributed by atoms with E-state index in [2.05, 4.69) is 0 Å². The maximum Gasteiger partial charge on any atom is 0.347 e. The Morgan fingerprint density at radius 1 is 1.08 bits per heavy atom. The second kappa shape index (κ2) is 8.07. The van der Waals surface area contributed by atoms with E-state index in [1.165, 1.54) is 6.07 Å². The first-order valence-corrected chi connectivity index (χ1v) is 7.66. The molecule has 2 aromatic rings. The molecule has 0 fully saturated rings. The van der Waals surface area contributed by atoms with E-state index in [1.807, 2.05) is 0 Å². The lowest BCUT2D eigenvalue weighted by atomic mass is 9.98. The summed E-state index contributed by atoms with van der Waals surface area (Å²) < 4.78 is 4.91. The third kappa shape index (κ3) is 4.65. The molecule has 0 saturated heterocycles. The highest BCUT2D eigenvalue weighted by Gasteiger charge is 2.23. The Morgan fingerprint density at radius 3 is 2.28 bits per heavy atom. The molecule has 0 saturated carbocycles. The van der Waals surface area contributed by atoms with E-state index in [1.54, 1.807) is 42.5 Å². The van der Waals surface area contributed by atoms with Gasteiger partial charge in [-0.1, -0.05) is 36.4 Å². The fourth-order valence-corrected chi connectivity index (χ4v) is 2.28. The molecule has 7 N–H and O–H groups in total. The summed E-state index contributed by atoms with van der Waals surface area (Å²) in [7, 11) is 0. The molecule has 7 nitrogen and oxygen atoms in total. The number of hydrogen-bond acceptors (Lipinski definition) is 6. The van der Waals surface area contributed by atoms with Crippen molar-refractivity contribution in [1.29, 1.82) is 5.41 Å². The van der Waals surface area contributed by atoms with Gasteiger partial charge >= 0.3 is 11.9 Å². The van der Waals surface area contributed by atoms with Crippen molar-refractivity contribution in [2.45, 2.75) is 6.42 Å². The van der Waals surface area contributed by atoms with Crippen LogP contribution in [-0.2, 0) is 16.0 Å². The molecule has 7 heteroatoms. The van der Waals surface area contributed by atoms with Crippen LogP contribution in [0.15, 0.2) is 48.5 Å². The van der Waals surface area contributed by atoms with E-state index < -0.39 is 17.9 Å². The summed E-state index contributed by atoms with van der Waals surface area (Å²) in [5, 5.41) is 7.36. The van der Waals surface area contributed by atoms with Crippen molar-refractivity contribution in [2.75, 3.05) is 12.3 Å². The Bertz CT molecular complexity index is 787. The molecular weight excluding hydrogens is 320 g/mol. The summed E-state index contributed by atoms with van der Waals surface area (Å²) in [6.07, 6.45) is 0.311. The maximum atomic E-state index is 12.2. The number of carbonyl (C=O) groups excluding carboxylic acids is 2. The number of esters is 2. The first kappa shape index (κ1) is 18.2. The molecule has 0 heterocycles. The zero-order valence-corrected chi connectivity index (χ0v) is 13.6. The molecule has 1 unspecified atom stereocenters. The number of hydrogen-bond donors (Lipinski definition) is 4. The quantitative estimate of drug-likeness (QED) is 0.203. The average Bonchev–Trinajstić information content (AvgIpc) is 2.60. The van der Waals surface area contributed by atoms with Crippen molar-refractivity contribution < 1.29 is 14.3 Å². The predicted molar refractivity (Wildman–Crippen MR) is 95.0 cm³/mol. The van der Waals surface area contributed by atoms with Gasteiger partial charge in [0.25, 0.3) is 0 Å². The molecule has 0 bridgehead atoms. The van der Waals surface area contributed by atoms with E-state index >= 15 is 0 Å². The van der Waals surface area contributed by atoms with Crippen LogP contribution in [0.2, 0.25) is 0 Å². The Balaban J connectivity index is 2.04. The van der Waals surface area contributed by atoms with Crippen molar-refractivity contribution in [2.24, 2.45) is 17.4 Å². The maximum absolute atomic E-state index is 12.2. The number of nitrogens with two attached hydrogens (primary N) is 3. The highest BCUT2D eigenvalue weighted by atomic mass is 16.6. The van der Waals surface area contributed by atoms with Gasteiger partial charge in [0.05, 0.1) is 11.5 Å². The van der Waals surface area contributed by atoms with E-state index in [-0.39, 0.29) is 23.6 Å². The van der Waals surface area contributed by atoms with E-state index in [0.717, 1.165) is 5.56 Å². The van der Waals surface area contributed by atoms with Gasteiger partial charge in [0.15, 0.2) is 0 Å². The zero-order valence-electron chi connectivity index (χ0n) is 13.6. The molecule has 0 radical (unpaired) electrons. The Labute approximate surface area is 145 Å². The SMILES string of the molecule is N=C(N)c1ccc(CC(CN)C(=O)OC(=O)c2ccccc2N)cc1. The normalized spacial score (nSPS) is 11.6. The lowest BCUT2D eigenvalue weighted by Gasteiger charge is -2.14. The van der Waals surface area contributed by atoms with Gasteiger partial charge in [0, 0.05) is 17.8 Å². The van der Waals surface area contributed by atoms with Gasteiger partial charge < -0.3 is 21.9 Å². The molecule has 2 aromatic carbocycles. The van der Waals surface area contributed by atoms with Crippen LogP contribution < -0.4 is 17.2 Å². The summed E-state index contributed by atoms with van der Waals surface area (Å²) in [6, 6.07) is 13.2. The average molecular weight is 340 g/mol. The summed E-state index contributed by atoms with van der Waals surface area (Å²) >= 11 is 0. The van der Waals surface area contributed by atoms with Crippen LogP contribution in [0, 0.1) is 11.3 Å². The minimum Gasteiger partial charge on any atom is -0.398 e. The zero-order chi connectivity index (χ0) is 18.4. The molecular formula is C18H20N4O3. The molecule has 1 atom stereocenters. The lowest BCUT2D eigenvalue weighted by molar-refractivity contribution is -0.142. The van der Waals surface area contributed by atoms with Gasteiger partial charge in [-0.2, -0.15) is 0 Å². The predicted octanol–water partition coefficient (Wildman–Crippen LogP) is 1.05. The van der Waals surface area contributed by atoms with Crippen LogP contribution in [0.3, 0.4) is 0 Å². The number of nitrogen functional groups attached to an aromatic ring is 2. The largest absolute Gasteiger partial charge is 0.398 e. The molecule has 0 spiro atoms. The second-order valence-corrected chi connectivity index (χ2v) is 5.54. The van der Waals surface area contributed by atoms with Crippen LogP contribution in [0.25, 0.3) is 0 Å². The molecule has 130 valence electrons. The summed E-state index contributed by atoms with van der Waals surface area (Å²) in [5.41, 5.74) is 18.5. The van der Waals surface area contributed by atoms with Crippen LogP contribution >= 0.6 is 0 Å². The van der Waals surface area contributed by atoms with Crippen molar-refractivity contribution in [3.05, 3.63) is 65.2 Å². The Morgan fingerprint density at radius 2 is 1.72 bits per heavy atom. The van der Waals surface area contributed by atoms with Crippen LogP contribution in [-0.4, -0.2) is 24.3 Å². The smallest absolute Gasteiger partial charge is 0.347 e. The van der Waals surface area contributed by atoms with Crippen LogP contribution in [0.4, 0.5) is 5.69 Å². The van der Waals surface area contributed by atoms with Gasteiger partial charge in [-0.15, -0.1) is 0 Å². The number of carbonyl (C=O) groups is 2. The van der Waals surface area contributed by atoms with Crippen molar-refractivity contribution >= 4 is 23.5 Å². The highest BCUT2D eigenvalue weighted by molar-refractivity contribution is 6.01. The third-order valence-electron chi connectivity index (χ3n) is 3.74. The highest BCUT2D eigenvalue weighted by Crippen LogP contribution is 2.15. The van der Waals surface area contributed by atoms with E-state index in [4.69, 9.17) is 27.3 Å². The molecule has 0 aromatic heterocycles. The number of para-hydroxylation sites is 1. The molecule has 0 aliphatic rings. The fraction of sp³-hybridized carbons (Fsp3) is 0.167. The van der Waals surface area contributed by atoms with Gasteiger partial charge in [0.2, 0.25) is 0 Å². The number of ether oxygens (including phenoxy) is 1. The summed E-state index contributed by atoms with van der Waals surface area (Å²) in [4.78, 5) is 24.3. The minimum atomic E-state index is -0.798. The van der Waals surface area contributed by atoms with Gasteiger partial charge in [-0.3, -0.25) is 10.2 Å². The van der Waals surface area contributed by atoms with Gasteiger partial charge in [0.1, 0.15) is 5.84 Å². The first-order valence-electron chi connectivity index (χ1n) is 7.66. The molecule has 0 aliphatic heterocycles. The fourth-order valence-electron chi connectivity index (χ4n) is 2.28. The van der Waals surface area contributed by atoms with E-state index in [0.29, 0.717) is 12.0 Å². The number of benzene rings is 2. The Kier molecular flexibility index (Phi) is 5.86. The molecule has 25 heavy (non-hydrogen) atoms. The number of anilines is 1. The van der Waals surface area contributed by atoms with Gasteiger partial charge in [-0.25, -0.2) is 4.79 Å². The number of nitrogens with one attached hydrogen (secondary N) is 1. The third-order valence-corrected chi connectivity index (χ3v) is 3.74. The lowest BCUT2D eigenvalue weighted by Crippen LogP contribution is -2.29. The summed E-state index contributed by atoms with van der Waals surface area (Å²) in [6.45, 7) is 0.0326. The number of rotatable bonds is 6. The van der Waals surface area contributed by atoms with Crippen molar-refractivity contribution in [3.63, 3.8) is 0 Å². The number of amidine groups is 1. The van der Waals surface area contributed by atoms with Crippen LogP contribution in [0.1, 0.15) is 21.5 Å². The topological polar surface area (TPSA) is 145 Å². The summed E-state index contributed by atoms with van der Waals surface area (Å²) in [5.74, 6) is -2.20. The molecule has 0 aliphatic carbocycles. The molecule has 2 rings (SSSR count). The molecule has 0 amide bonds. The van der Waals surface area contributed by atoms with Gasteiger partial charge in [-0.05, 0) is 24.1 Å². The standard InChI is InChI=1S/C18H20N4O3/c19-10-13(9-11-5-7-12(8-6-11)16(21)22)17(23)25-18(24)14-3-1-2-4-15(14)20/h1-8,13H,9-10,19-20H2,(H3,21,22). The van der Waals surface area contributed by atoms with Crippen LogP contribution in [0.5, 0.6) is 0 Å². The first-order chi connectivity index (χ1) is 11.9. The monoisotopic (exact) mass is 340 g/mol. The minimum absolute atomic E-state index is 0.0326.